The summed E-state index contributed by atoms with van der Waals surface area (Å²) in [5.74, 6) is 0.435. The van der Waals surface area contributed by atoms with Crippen molar-refractivity contribution in [2.75, 3.05) is 32.5 Å². The number of rotatable bonds is 4. The van der Waals surface area contributed by atoms with Crippen LogP contribution in [0.4, 0.5) is 5.69 Å². The SMILES string of the molecule is Cc1c(NC(=O)CC2CCNCC2)cccc1C(=O)N(C)C.Cl. The van der Waals surface area contributed by atoms with Gasteiger partial charge in [0.1, 0.15) is 0 Å². The molecule has 128 valence electrons. The molecule has 1 saturated heterocycles. The number of amides is 2. The zero-order valence-corrected chi connectivity index (χ0v) is 14.8. The van der Waals surface area contributed by atoms with Gasteiger partial charge in [0.05, 0.1) is 0 Å². The normalized spacial score (nSPS) is 14.7. The van der Waals surface area contributed by atoms with Crippen molar-refractivity contribution in [2.45, 2.75) is 26.2 Å². The number of hydrogen-bond acceptors (Lipinski definition) is 3. The van der Waals surface area contributed by atoms with Crippen LogP contribution in [0.3, 0.4) is 0 Å². The molecule has 1 aromatic rings. The monoisotopic (exact) mass is 339 g/mol. The number of hydrogen-bond donors (Lipinski definition) is 2. The summed E-state index contributed by atoms with van der Waals surface area (Å²) in [5.41, 5.74) is 2.18. The van der Waals surface area contributed by atoms with Gasteiger partial charge in [0, 0.05) is 31.8 Å². The van der Waals surface area contributed by atoms with Gasteiger partial charge in [-0.3, -0.25) is 9.59 Å². The second-order valence-corrected chi connectivity index (χ2v) is 6.12. The summed E-state index contributed by atoms with van der Waals surface area (Å²) in [5, 5.41) is 6.27. The average Bonchev–Trinajstić information content (AvgIpc) is 2.49. The Hall–Kier alpha value is -1.59. The lowest BCUT2D eigenvalue weighted by molar-refractivity contribution is -0.117. The molecule has 0 unspecified atom stereocenters. The van der Waals surface area contributed by atoms with Gasteiger partial charge in [-0.25, -0.2) is 0 Å². The van der Waals surface area contributed by atoms with Crippen molar-refractivity contribution in [3.63, 3.8) is 0 Å². The summed E-state index contributed by atoms with van der Waals surface area (Å²) in [6.45, 7) is 3.85. The number of carbonyl (C=O) groups excluding carboxylic acids is 2. The Kier molecular flexibility index (Phi) is 7.52. The fourth-order valence-electron chi connectivity index (χ4n) is 2.79. The second-order valence-electron chi connectivity index (χ2n) is 6.12. The van der Waals surface area contributed by atoms with Crippen LogP contribution >= 0.6 is 12.4 Å². The minimum atomic E-state index is -0.0491. The Balaban J connectivity index is 0.00000264. The number of anilines is 1. The zero-order chi connectivity index (χ0) is 16.1. The van der Waals surface area contributed by atoms with Crippen molar-refractivity contribution in [3.8, 4) is 0 Å². The van der Waals surface area contributed by atoms with Gasteiger partial charge in [-0.15, -0.1) is 12.4 Å². The molecular formula is C17H26ClN3O2. The van der Waals surface area contributed by atoms with E-state index in [4.69, 9.17) is 0 Å². The van der Waals surface area contributed by atoms with Crippen LogP contribution in [0.1, 0.15) is 35.2 Å². The average molecular weight is 340 g/mol. The Morgan fingerprint density at radius 1 is 1.26 bits per heavy atom. The lowest BCUT2D eigenvalue weighted by atomic mass is 9.94. The highest BCUT2D eigenvalue weighted by Gasteiger charge is 2.18. The molecular weight excluding hydrogens is 314 g/mol. The summed E-state index contributed by atoms with van der Waals surface area (Å²) in [6, 6.07) is 5.45. The number of nitrogens with zero attached hydrogens (tertiary/aromatic N) is 1. The van der Waals surface area contributed by atoms with Gasteiger partial charge in [0.15, 0.2) is 0 Å². The largest absolute Gasteiger partial charge is 0.345 e. The maximum atomic E-state index is 12.2. The quantitative estimate of drug-likeness (QED) is 0.885. The van der Waals surface area contributed by atoms with Gasteiger partial charge < -0.3 is 15.5 Å². The third-order valence-corrected chi connectivity index (χ3v) is 4.18. The van der Waals surface area contributed by atoms with E-state index in [0.29, 0.717) is 17.9 Å². The lowest BCUT2D eigenvalue weighted by Crippen LogP contribution is -2.30. The van der Waals surface area contributed by atoms with E-state index in [0.717, 1.165) is 37.2 Å². The number of halogens is 1. The first-order valence-corrected chi connectivity index (χ1v) is 7.81. The molecule has 1 aliphatic rings. The van der Waals surface area contributed by atoms with E-state index in [1.165, 1.54) is 0 Å². The van der Waals surface area contributed by atoms with Crippen molar-refractivity contribution in [1.82, 2.24) is 10.2 Å². The van der Waals surface area contributed by atoms with E-state index in [1.807, 2.05) is 19.1 Å². The van der Waals surface area contributed by atoms with Crippen LogP contribution < -0.4 is 10.6 Å². The Morgan fingerprint density at radius 2 is 1.91 bits per heavy atom. The number of carbonyl (C=O) groups is 2. The van der Waals surface area contributed by atoms with Gasteiger partial charge in [-0.1, -0.05) is 6.07 Å². The molecule has 0 saturated carbocycles. The molecule has 2 N–H and O–H groups in total. The van der Waals surface area contributed by atoms with Gasteiger partial charge in [0.25, 0.3) is 5.91 Å². The van der Waals surface area contributed by atoms with Crippen molar-refractivity contribution >= 4 is 29.9 Å². The summed E-state index contributed by atoms with van der Waals surface area (Å²) in [6.07, 6.45) is 2.64. The summed E-state index contributed by atoms with van der Waals surface area (Å²) in [4.78, 5) is 25.9. The molecule has 5 nitrogen and oxygen atoms in total. The molecule has 1 heterocycles. The van der Waals surface area contributed by atoms with Crippen molar-refractivity contribution in [3.05, 3.63) is 29.3 Å². The predicted molar refractivity (Wildman–Crippen MR) is 95.3 cm³/mol. The third-order valence-electron chi connectivity index (χ3n) is 4.18. The molecule has 1 aliphatic heterocycles. The minimum Gasteiger partial charge on any atom is -0.345 e. The van der Waals surface area contributed by atoms with Crippen LogP contribution in [0.2, 0.25) is 0 Å². The van der Waals surface area contributed by atoms with Crippen molar-refractivity contribution < 1.29 is 9.59 Å². The maximum absolute atomic E-state index is 12.2. The number of piperidine rings is 1. The predicted octanol–water partition coefficient (Wildman–Crippen LogP) is 2.45. The molecule has 0 aliphatic carbocycles. The molecule has 0 radical (unpaired) electrons. The van der Waals surface area contributed by atoms with E-state index in [1.54, 1.807) is 25.1 Å². The standard InChI is InChI=1S/C17H25N3O2.ClH/c1-12-14(17(22)20(2)3)5-4-6-15(12)19-16(21)11-13-7-9-18-10-8-13;/h4-6,13,18H,7-11H2,1-3H3,(H,19,21);1H. The first-order chi connectivity index (χ1) is 10.5. The smallest absolute Gasteiger partial charge is 0.253 e. The number of nitrogens with one attached hydrogen (secondary N) is 2. The van der Waals surface area contributed by atoms with Crippen LogP contribution in [-0.2, 0) is 4.79 Å². The van der Waals surface area contributed by atoms with Crippen LogP contribution in [0.5, 0.6) is 0 Å². The first kappa shape index (κ1) is 19.5. The van der Waals surface area contributed by atoms with E-state index < -0.39 is 0 Å². The van der Waals surface area contributed by atoms with Gasteiger partial charge in [-0.2, -0.15) is 0 Å². The van der Waals surface area contributed by atoms with E-state index >= 15 is 0 Å². The number of benzene rings is 1. The van der Waals surface area contributed by atoms with Crippen LogP contribution in [0.15, 0.2) is 18.2 Å². The van der Waals surface area contributed by atoms with Gasteiger partial charge >= 0.3 is 0 Å². The second kappa shape index (κ2) is 8.89. The van der Waals surface area contributed by atoms with Crippen LogP contribution in [0, 0.1) is 12.8 Å². The van der Waals surface area contributed by atoms with E-state index in [2.05, 4.69) is 10.6 Å². The highest BCUT2D eigenvalue weighted by Crippen LogP contribution is 2.22. The Labute approximate surface area is 144 Å². The molecule has 6 heteroatoms. The summed E-state index contributed by atoms with van der Waals surface area (Å²) in [7, 11) is 3.45. The maximum Gasteiger partial charge on any atom is 0.253 e. The Bertz CT molecular complexity index is 555. The molecule has 1 fully saturated rings. The molecule has 0 spiro atoms. The molecule has 0 aromatic heterocycles. The van der Waals surface area contributed by atoms with E-state index in [-0.39, 0.29) is 24.2 Å². The lowest BCUT2D eigenvalue weighted by Gasteiger charge is -2.22. The highest BCUT2D eigenvalue weighted by atomic mass is 35.5. The molecule has 1 aromatic carbocycles. The first-order valence-electron chi connectivity index (χ1n) is 7.81. The topological polar surface area (TPSA) is 61.4 Å². The van der Waals surface area contributed by atoms with E-state index in [9.17, 15) is 9.59 Å². The fourth-order valence-corrected chi connectivity index (χ4v) is 2.79. The molecule has 0 atom stereocenters. The van der Waals surface area contributed by atoms with Gasteiger partial charge in [0.2, 0.25) is 5.91 Å². The van der Waals surface area contributed by atoms with Gasteiger partial charge in [-0.05, 0) is 56.5 Å². The minimum absolute atomic E-state index is 0. The molecule has 2 amide bonds. The fraction of sp³-hybridized carbons (Fsp3) is 0.529. The van der Waals surface area contributed by atoms with Crippen molar-refractivity contribution in [2.24, 2.45) is 5.92 Å². The van der Waals surface area contributed by atoms with Crippen LogP contribution in [0.25, 0.3) is 0 Å². The summed E-state index contributed by atoms with van der Waals surface area (Å²) < 4.78 is 0. The highest BCUT2D eigenvalue weighted by molar-refractivity contribution is 5.99. The Morgan fingerprint density at radius 3 is 2.52 bits per heavy atom. The molecule has 0 bridgehead atoms. The summed E-state index contributed by atoms with van der Waals surface area (Å²) >= 11 is 0. The third kappa shape index (κ3) is 5.22. The van der Waals surface area contributed by atoms with Crippen molar-refractivity contribution in [1.29, 1.82) is 0 Å². The molecule has 2 rings (SSSR count). The molecule has 23 heavy (non-hydrogen) atoms. The zero-order valence-electron chi connectivity index (χ0n) is 14.0. The van der Waals surface area contributed by atoms with Crippen LogP contribution in [-0.4, -0.2) is 43.9 Å².